The Morgan fingerprint density at radius 1 is 0.407 bits per heavy atom. The first-order chi connectivity index (χ1) is 28.4. The summed E-state index contributed by atoms with van der Waals surface area (Å²) in [4.78, 5) is 20.6. The Balaban J connectivity index is 0.00000112. The number of carbonyl (C=O) groups is 2. The van der Waals surface area contributed by atoms with Crippen LogP contribution in [0.2, 0.25) is 0 Å². The van der Waals surface area contributed by atoms with Gasteiger partial charge in [0, 0.05) is 25.2 Å². The zero-order valence-corrected chi connectivity index (χ0v) is 41.5. The molecule has 0 saturated carbocycles. The number of aliphatic carboxylic acids is 2. The van der Waals surface area contributed by atoms with E-state index in [2.05, 4.69) is 24.3 Å². The summed E-state index contributed by atoms with van der Waals surface area (Å²) >= 11 is 0. The smallest absolute Gasteiger partial charge is 0.550 e. The van der Waals surface area contributed by atoms with Crippen molar-refractivity contribution in [1.29, 1.82) is 0 Å². The Kier molecular flexibility index (Phi) is 43.9. The monoisotopic (exact) mass is 949 g/mol. The number of rotatable bonds is 40. The fraction of sp³-hybridized carbons (Fsp3) is 0.720. The minimum atomic E-state index is -0.993. The third-order valence-electron chi connectivity index (χ3n) is 10.7. The number of carboxylic acids is 2. The molecule has 0 bridgehead atoms. The van der Waals surface area contributed by atoms with E-state index in [9.17, 15) is 30.0 Å². The number of aliphatic hydroxyl groups is 2. The first kappa shape index (κ1) is 57.8. The fourth-order valence-electron chi connectivity index (χ4n) is 7.11. The van der Waals surface area contributed by atoms with Crippen molar-refractivity contribution in [3.05, 3.63) is 71.8 Å². The number of aliphatic hydroxyl groups excluding tert-OH is 2. The van der Waals surface area contributed by atoms with Gasteiger partial charge < -0.3 is 39.5 Å². The van der Waals surface area contributed by atoms with Crippen LogP contribution in [0.25, 0.3) is 0 Å². The molecule has 2 N–H and O–H groups in total. The summed E-state index contributed by atoms with van der Waals surface area (Å²) in [7, 11) is 0. The predicted octanol–water partition coefficient (Wildman–Crippen LogP) is 9.95. The summed E-state index contributed by atoms with van der Waals surface area (Å²) in [5.74, 6) is -1.99. The van der Waals surface area contributed by atoms with Crippen LogP contribution in [0, 0.1) is 0 Å². The molecule has 0 radical (unpaired) electrons. The second-order valence-corrected chi connectivity index (χ2v) is 16.3. The molecule has 8 nitrogen and oxygen atoms in total. The molecule has 0 aromatic heterocycles. The minimum Gasteiger partial charge on any atom is -0.550 e. The number of hydrogen-bond donors (Lipinski definition) is 2. The van der Waals surface area contributed by atoms with Crippen molar-refractivity contribution in [1.82, 2.24) is 0 Å². The molecular weight excluding hydrogens is 866 g/mol. The van der Waals surface area contributed by atoms with Crippen molar-refractivity contribution >= 4 is 60.8 Å². The van der Waals surface area contributed by atoms with Gasteiger partial charge in [-0.1, -0.05) is 189 Å². The van der Waals surface area contributed by atoms with Gasteiger partial charge in [0.15, 0.2) is 0 Å². The normalized spacial score (nSPS) is 12.0. The molecule has 0 aliphatic rings. The molecule has 2 atom stereocenters. The van der Waals surface area contributed by atoms with E-state index in [0.717, 1.165) is 77.8 Å². The number of carboxylic acid groups (broad SMARTS) is 2. The quantitative estimate of drug-likeness (QED) is 0.0498. The summed E-state index contributed by atoms with van der Waals surface area (Å²) in [5, 5.41) is 40.4. The average molecular weight is 949 g/mol. The Morgan fingerprint density at radius 3 is 0.949 bits per heavy atom. The average Bonchev–Trinajstić information content (AvgIpc) is 3.22. The molecule has 0 aliphatic carbocycles. The molecule has 9 heteroatoms. The summed E-state index contributed by atoms with van der Waals surface area (Å²) in [6.45, 7) is 3.16. The number of ether oxygens (including phenoxy) is 2. The van der Waals surface area contributed by atoms with E-state index < -0.39 is 11.9 Å². The van der Waals surface area contributed by atoms with Crippen LogP contribution >= 0.6 is 0 Å². The molecule has 2 aromatic carbocycles. The number of carbonyl (C=O) groups excluding carboxylic acids is 2. The van der Waals surface area contributed by atoms with E-state index >= 15 is 0 Å². The van der Waals surface area contributed by atoms with E-state index in [4.69, 9.17) is 9.47 Å². The summed E-state index contributed by atoms with van der Waals surface area (Å²) in [6, 6.07) is 20.7. The van der Waals surface area contributed by atoms with Crippen LogP contribution in [0.3, 0.4) is 0 Å². The predicted molar refractivity (Wildman–Crippen MR) is 238 cm³/mol. The van der Waals surface area contributed by atoms with E-state index in [1.54, 1.807) is 0 Å². The third kappa shape index (κ3) is 43.2. The van der Waals surface area contributed by atoms with Crippen LogP contribution in [0.1, 0.15) is 204 Å². The number of hydrogen-bond acceptors (Lipinski definition) is 8. The fourth-order valence-corrected chi connectivity index (χ4v) is 7.11. The second-order valence-electron chi connectivity index (χ2n) is 16.3. The van der Waals surface area contributed by atoms with E-state index in [0.29, 0.717) is 25.7 Å². The van der Waals surface area contributed by atoms with Crippen LogP contribution in [0.5, 0.6) is 0 Å². The molecule has 2 rings (SSSR count). The van der Waals surface area contributed by atoms with Gasteiger partial charge in [-0.25, -0.2) is 0 Å². The van der Waals surface area contributed by atoms with Gasteiger partial charge in [0.1, 0.15) is 0 Å². The largest absolute Gasteiger partial charge is 2.00 e. The topological polar surface area (TPSA) is 139 Å². The third-order valence-corrected chi connectivity index (χ3v) is 10.7. The molecule has 0 heterocycles. The van der Waals surface area contributed by atoms with Gasteiger partial charge in [-0.05, 0) is 75.3 Å². The van der Waals surface area contributed by atoms with Crippen molar-refractivity contribution in [3.63, 3.8) is 0 Å². The Bertz CT molecular complexity index is 1080. The molecule has 0 spiro atoms. The SMILES string of the molecule is O=C([O-])CCCCC(O)CCCCCCCCCCCCOCc1ccccc1.O=C([O-])CCCCC(O)CCCCCCCCCCCCOCc1ccccc1.[Ba+2]. The van der Waals surface area contributed by atoms with Crippen LogP contribution in [0.4, 0.5) is 0 Å². The standard InChI is InChI=1S/2C25H42O4.Ba/c2*26-24(19-13-14-20-25(27)28)18-12-7-5-3-1-2-4-6-8-15-21-29-22-23-16-10-9-11-17-23;/h2*9-11,16-17,24,26H,1-8,12-15,18-22H2,(H,27,28);/q;;+2/p-2. The van der Waals surface area contributed by atoms with Gasteiger partial charge in [-0.3, -0.25) is 0 Å². The Morgan fingerprint density at radius 2 is 0.661 bits per heavy atom. The van der Waals surface area contributed by atoms with E-state index in [-0.39, 0.29) is 73.9 Å². The maximum absolute atomic E-state index is 10.3. The van der Waals surface area contributed by atoms with Crippen LogP contribution in [0.15, 0.2) is 60.7 Å². The second kappa shape index (κ2) is 44.8. The Hall–Kier alpha value is -1.21. The summed E-state index contributed by atoms with van der Waals surface area (Å²) in [6.07, 6.45) is 30.5. The number of benzene rings is 2. The van der Waals surface area contributed by atoms with Crippen LogP contribution in [-0.4, -0.2) is 96.5 Å². The van der Waals surface area contributed by atoms with Crippen LogP contribution < -0.4 is 10.2 Å². The number of unbranched alkanes of at least 4 members (excludes halogenated alkanes) is 20. The van der Waals surface area contributed by atoms with Crippen LogP contribution in [-0.2, 0) is 32.3 Å². The molecule has 0 fully saturated rings. The van der Waals surface area contributed by atoms with Crippen molar-refractivity contribution in [3.8, 4) is 0 Å². The van der Waals surface area contributed by atoms with Gasteiger partial charge >= 0.3 is 48.9 Å². The van der Waals surface area contributed by atoms with E-state index in [1.165, 1.54) is 114 Å². The van der Waals surface area contributed by atoms with Gasteiger partial charge in [0.2, 0.25) is 0 Å². The molecule has 0 aliphatic heterocycles. The van der Waals surface area contributed by atoms with Crippen molar-refractivity contribution in [2.45, 2.75) is 218 Å². The zero-order chi connectivity index (χ0) is 42.0. The van der Waals surface area contributed by atoms with Gasteiger partial charge in [-0.2, -0.15) is 0 Å². The molecule has 59 heavy (non-hydrogen) atoms. The first-order valence-corrected chi connectivity index (χ1v) is 23.4. The first-order valence-electron chi connectivity index (χ1n) is 23.4. The van der Waals surface area contributed by atoms with Gasteiger partial charge in [0.25, 0.3) is 0 Å². The van der Waals surface area contributed by atoms with E-state index in [1.807, 2.05) is 36.4 Å². The molecule has 2 unspecified atom stereocenters. The molecule has 332 valence electrons. The maximum atomic E-state index is 10.3. The van der Waals surface area contributed by atoms with Crippen molar-refractivity contribution in [2.24, 2.45) is 0 Å². The molecule has 0 amide bonds. The van der Waals surface area contributed by atoms with Crippen molar-refractivity contribution < 1.29 is 39.5 Å². The summed E-state index contributed by atoms with van der Waals surface area (Å²) in [5.41, 5.74) is 2.49. The molecular formula is C50H82BaO8. The van der Waals surface area contributed by atoms with Gasteiger partial charge in [0.05, 0.1) is 25.4 Å². The Labute approximate surface area is 400 Å². The van der Waals surface area contributed by atoms with Crippen molar-refractivity contribution in [2.75, 3.05) is 13.2 Å². The zero-order valence-electron chi connectivity index (χ0n) is 37.0. The summed E-state index contributed by atoms with van der Waals surface area (Å²) < 4.78 is 11.4. The maximum Gasteiger partial charge on any atom is 2.00 e. The molecule has 0 saturated heterocycles. The van der Waals surface area contributed by atoms with Gasteiger partial charge in [-0.15, -0.1) is 0 Å². The minimum absolute atomic E-state index is 0. The molecule has 2 aromatic rings.